The van der Waals surface area contributed by atoms with Crippen molar-refractivity contribution in [2.75, 3.05) is 20.2 Å². The molecule has 4 heterocycles. The maximum absolute atomic E-state index is 13.1. The van der Waals surface area contributed by atoms with E-state index in [1.165, 1.54) is 11.1 Å². The average Bonchev–Trinajstić information content (AvgIpc) is 3.34. The minimum Gasteiger partial charge on any atom is -0.496 e. The van der Waals surface area contributed by atoms with Gasteiger partial charge < -0.3 is 14.2 Å². The highest BCUT2D eigenvalue weighted by Crippen LogP contribution is 2.42. The van der Waals surface area contributed by atoms with Gasteiger partial charge in [-0.15, -0.1) is 0 Å². The van der Waals surface area contributed by atoms with E-state index in [4.69, 9.17) is 9.72 Å². The number of carbonyl (C=O) groups is 1. The van der Waals surface area contributed by atoms with Gasteiger partial charge in [0.05, 0.1) is 19.1 Å². The quantitative estimate of drug-likeness (QED) is 0.289. The number of aromatic nitrogens is 4. The number of methoxy groups -OCH3 is 1. The highest BCUT2D eigenvalue weighted by Gasteiger charge is 2.29. The maximum Gasteiger partial charge on any atom is 0.242 e. The van der Waals surface area contributed by atoms with Crippen LogP contribution in [0.4, 0.5) is 0 Å². The van der Waals surface area contributed by atoms with Crippen molar-refractivity contribution < 1.29 is 9.53 Å². The van der Waals surface area contributed by atoms with Gasteiger partial charge in [-0.1, -0.05) is 47.6 Å². The number of pyridine rings is 2. The van der Waals surface area contributed by atoms with Crippen LogP contribution in [0.2, 0.25) is 0 Å². The van der Waals surface area contributed by atoms with Gasteiger partial charge in [-0.25, -0.2) is 9.97 Å². The Morgan fingerprint density at radius 1 is 0.950 bits per heavy atom. The van der Waals surface area contributed by atoms with Gasteiger partial charge in [-0.05, 0) is 60.1 Å². The summed E-state index contributed by atoms with van der Waals surface area (Å²) in [7, 11) is 1.77. The van der Waals surface area contributed by atoms with Crippen molar-refractivity contribution in [3.05, 3.63) is 71.8 Å². The summed E-state index contributed by atoms with van der Waals surface area (Å²) in [6, 6.07) is 14.6. The van der Waals surface area contributed by atoms with Gasteiger partial charge in [0.25, 0.3) is 0 Å². The molecule has 1 aromatic carbocycles. The molecule has 5 rings (SSSR count). The third-order valence-electron chi connectivity index (χ3n) is 7.92. The molecule has 210 valence electrons. The Morgan fingerprint density at radius 2 is 1.62 bits per heavy atom. The largest absolute Gasteiger partial charge is 0.496 e. The van der Waals surface area contributed by atoms with Crippen molar-refractivity contribution in [1.82, 2.24) is 24.4 Å². The van der Waals surface area contributed by atoms with Crippen LogP contribution in [0.15, 0.2) is 55.0 Å². The predicted octanol–water partition coefficient (Wildman–Crippen LogP) is 6.50. The molecule has 1 amide bonds. The Balaban J connectivity index is 1.34. The van der Waals surface area contributed by atoms with E-state index in [1.54, 1.807) is 19.6 Å². The van der Waals surface area contributed by atoms with Crippen LogP contribution in [0.1, 0.15) is 77.1 Å². The zero-order valence-electron chi connectivity index (χ0n) is 24.9. The molecule has 7 heteroatoms. The van der Waals surface area contributed by atoms with Crippen molar-refractivity contribution in [2.45, 2.75) is 77.7 Å². The lowest BCUT2D eigenvalue weighted by molar-refractivity contribution is -0.132. The van der Waals surface area contributed by atoms with Gasteiger partial charge in [0.15, 0.2) is 5.65 Å². The number of imidazole rings is 1. The van der Waals surface area contributed by atoms with Crippen LogP contribution in [0.25, 0.3) is 22.4 Å². The number of fused-ring (bicyclic) bond motifs is 1. The molecular formula is C33H41N5O2. The molecular weight excluding hydrogens is 498 g/mol. The number of amides is 1. The molecule has 40 heavy (non-hydrogen) atoms. The highest BCUT2D eigenvalue weighted by atomic mass is 16.5. The van der Waals surface area contributed by atoms with Crippen molar-refractivity contribution in [3.63, 3.8) is 0 Å². The predicted molar refractivity (Wildman–Crippen MR) is 160 cm³/mol. The second kappa shape index (κ2) is 10.7. The van der Waals surface area contributed by atoms with E-state index >= 15 is 0 Å². The number of benzene rings is 1. The van der Waals surface area contributed by atoms with E-state index in [-0.39, 0.29) is 23.3 Å². The lowest BCUT2D eigenvalue weighted by Crippen LogP contribution is -2.39. The molecule has 0 radical (unpaired) electrons. The molecule has 1 aliphatic rings. The second-order valence-electron chi connectivity index (χ2n) is 12.9. The van der Waals surface area contributed by atoms with Crippen LogP contribution in [0, 0.1) is 0 Å². The first-order valence-electron chi connectivity index (χ1n) is 14.2. The monoisotopic (exact) mass is 539 g/mol. The van der Waals surface area contributed by atoms with E-state index < -0.39 is 0 Å². The van der Waals surface area contributed by atoms with Crippen molar-refractivity contribution in [3.8, 4) is 17.0 Å². The second-order valence-corrected chi connectivity index (χ2v) is 12.9. The Labute approximate surface area is 237 Å². The van der Waals surface area contributed by atoms with Gasteiger partial charge >= 0.3 is 0 Å². The van der Waals surface area contributed by atoms with Crippen LogP contribution >= 0.6 is 0 Å². The molecule has 3 aromatic heterocycles. The zero-order chi connectivity index (χ0) is 28.7. The van der Waals surface area contributed by atoms with Gasteiger partial charge in [0.1, 0.15) is 17.8 Å². The Morgan fingerprint density at radius 3 is 2.25 bits per heavy atom. The van der Waals surface area contributed by atoms with Gasteiger partial charge in [0.2, 0.25) is 5.91 Å². The molecule has 0 atom stereocenters. The SMILES string of the molecule is COc1c(C(C)(C)C)cc(-c2cccc(C3CCN(C(=O)Cn4cnc5cccnc54)CC3)n2)cc1C(C)(C)C. The number of nitrogens with zero attached hydrogens (tertiary/aromatic N) is 5. The highest BCUT2D eigenvalue weighted by molar-refractivity contribution is 5.79. The summed E-state index contributed by atoms with van der Waals surface area (Å²) in [5, 5.41) is 0. The third-order valence-corrected chi connectivity index (χ3v) is 7.92. The van der Waals surface area contributed by atoms with Crippen LogP contribution in [0.5, 0.6) is 5.75 Å². The van der Waals surface area contributed by atoms with Gasteiger partial charge in [-0.2, -0.15) is 0 Å². The molecule has 0 saturated carbocycles. The van der Waals surface area contributed by atoms with E-state index in [0.717, 1.165) is 59.8 Å². The first kappa shape index (κ1) is 27.8. The summed E-state index contributed by atoms with van der Waals surface area (Å²) in [4.78, 5) is 29.0. The molecule has 4 aromatic rings. The summed E-state index contributed by atoms with van der Waals surface area (Å²) in [6.45, 7) is 15.1. The normalized spacial score (nSPS) is 15.0. The topological polar surface area (TPSA) is 73.1 Å². The smallest absolute Gasteiger partial charge is 0.242 e. The fourth-order valence-electron chi connectivity index (χ4n) is 5.63. The lowest BCUT2D eigenvalue weighted by Gasteiger charge is -2.32. The molecule has 0 spiro atoms. The first-order valence-corrected chi connectivity index (χ1v) is 14.2. The van der Waals surface area contributed by atoms with E-state index in [1.807, 2.05) is 21.6 Å². The average molecular weight is 540 g/mol. The minimum absolute atomic E-state index is 0.0720. The van der Waals surface area contributed by atoms with Crippen molar-refractivity contribution in [2.24, 2.45) is 0 Å². The van der Waals surface area contributed by atoms with Crippen LogP contribution in [-0.2, 0) is 22.2 Å². The summed E-state index contributed by atoms with van der Waals surface area (Å²) in [6.07, 6.45) is 5.23. The third kappa shape index (κ3) is 5.60. The fraction of sp³-hybridized carbons (Fsp3) is 0.455. The maximum atomic E-state index is 13.1. The first-order chi connectivity index (χ1) is 19.0. The molecule has 7 nitrogen and oxygen atoms in total. The van der Waals surface area contributed by atoms with Crippen LogP contribution in [-0.4, -0.2) is 50.5 Å². The molecule has 0 unspecified atom stereocenters. The van der Waals surface area contributed by atoms with E-state index in [0.29, 0.717) is 5.92 Å². The number of likely N-dealkylation sites (tertiary alicyclic amines) is 1. The summed E-state index contributed by atoms with van der Waals surface area (Å²) in [5.74, 6) is 1.39. The molecule has 1 saturated heterocycles. The van der Waals surface area contributed by atoms with E-state index in [9.17, 15) is 4.79 Å². The summed E-state index contributed by atoms with van der Waals surface area (Å²) >= 11 is 0. The van der Waals surface area contributed by atoms with E-state index in [2.05, 4.69) is 81.8 Å². The molecule has 0 N–H and O–H groups in total. The Bertz CT molecular complexity index is 1480. The fourth-order valence-corrected chi connectivity index (χ4v) is 5.63. The summed E-state index contributed by atoms with van der Waals surface area (Å²) in [5.41, 5.74) is 6.99. The number of rotatable bonds is 5. The van der Waals surface area contributed by atoms with Gasteiger partial charge in [-0.3, -0.25) is 9.78 Å². The zero-order valence-corrected chi connectivity index (χ0v) is 24.9. The number of carbonyl (C=O) groups excluding carboxylic acids is 1. The number of hydrogen-bond acceptors (Lipinski definition) is 5. The molecule has 1 aliphatic heterocycles. The van der Waals surface area contributed by atoms with Crippen LogP contribution < -0.4 is 4.74 Å². The van der Waals surface area contributed by atoms with Gasteiger partial charge in [0, 0.05) is 47.6 Å². The van der Waals surface area contributed by atoms with Crippen molar-refractivity contribution >= 4 is 17.1 Å². The molecule has 0 aliphatic carbocycles. The number of ether oxygens (including phenoxy) is 1. The standard InChI is InChI=1S/C33H41N5O2/c1-32(2,3)24-18-23(19-25(30(24)40-7)33(4,5)6)27-11-8-10-26(36-27)22-13-16-37(17-14-22)29(39)20-38-21-35-28-12-9-15-34-31(28)38/h8-12,15,18-19,21-22H,13-14,16-17,20H2,1-7H3. The summed E-state index contributed by atoms with van der Waals surface area (Å²) < 4.78 is 7.80. The molecule has 0 bridgehead atoms. The number of hydrogen-bond donors (Lipinski definition) is 0. The number of piperidine rings is 1. The Kier molecular flexibility index (Phi) is 7.42. The molecule has 1 fully saturated rings. The van der Waals surface area contributed by atoms with Crippen molar-refractivity contribution in [1.29, 1.82) is 0 Å². The minimum atomic E-state index is -0.0720. The lowest BCUT2D eigenvalue weighted by atomic mass is 9.78. The van der Waals surface area contributed by atoms with Crippen LogP contribution in [0.3, 0.4) is 0 Å². The Hall–Kier alpha value is -3.74.